The average molecular weight is 303 g/mol. The molecule has 4 heteroatoms. The van der Waals surface area contributed by atoms with Crippen molar-refractivity contribution in [2.75, 3.05) is 0 Å². The van der Waals surface area contributed by atoms with Crippen LogP contribution >= 0.6 is 12.4 Å². The van der Waals surface area contributed by atoms with E-state index in [1.165, 1.54) is 6.42 Å². The topological polar surface area (TPSA) is 55.1 Å². The van der Waals surface area contributed by atoms with Crippen LogP contribution in [0.25, 0.3) is 0 Å². The first kappa shape index (κ1) is 17.8. The van der Waals surface area contributed by atoms with Gasteiger partial charge in [-0.25, -0.2) is 0 Å². The van der Waals surface area contributed by atoms with Crippen molar-refractivity contribution in [1.29, 1.82) is 0 Å². The van der Waals surface area contributed by atoms with Gasteiger partial charge in [0.2, 0.25) is 5.91 Å². The van der Waals surface area contributed by atoms with Gasteiger partial charge in [-0.05, 0) is 49.4 Å². The molecule has 0 saturated heterocycles. The third-order valence-electron chi connectivity index (χ3n) is 4.75. The maximum atomic E-state index is 12.3. The molecule has 20 heavy (non-hydrogen) atoms. The molecule has 3 nitrogen and oxygen atoms in total. The van der Waals surface area contributed by atoms with Gasteiger partial charge in [0.25, 0.3) is 0 Å². The molecule has 0 aromatic carbocycles. The number of carbonyl (C=O) groups is 1. The van der Waals surface area contributed by atoms with E-state index in [0.29, 0.717) is 16.9 Å². The second-order valence-electron chi connectivity index (χ2n) is 8.39. The zero-order chi connectivity index (χ0) is 14.3. The van der Waals surface area contributed by atoms with Crippen molar-refractivity contribution >= 4 is 18.3 Å². The highest BCUT2D eigenvalue weighted by Crippen LogP contribution is 2.45. The largest absolute Gasteiger partial charge is 0.353 e. The first-order valence-electron chi connectivity index (χ1n) is 7.73. The second kappa shape index (κ2) is 6.23. The summed E-state index contributed by atoms with van der Waals surface area (Å²) < 4.78 is 0. The number of halogens is 1. The Bertz CT molecular complexity index is 338. The maximum absolute atomic E-state index is 12.3. The number of rotatable bonds is 2. The fourth-order valence-corrected chi connectivity index (χ4v) is 4.52. The van der Waals surface area contributed by atoms with Crippen LogP contribution in [0.4, 0.5) is 0 Å². The van der Waals surface area contributed by atoms with Crippen molar-refractivity contribution in [2.24, 2.45) is 22.5 Å². The summed E-state index contributed by atoms with van der Waals surface area (Å²) in [5, 5.41) is 3.30. The zero-order valence-corrected chi connectivity index (χ0v) is 14.2. The van der Waals surface area contributed by atoms with E-state index < -0.39 is 0 Å². The summed E-state index contributed by atoms with van der Waals surface area (Å²) in [5.41, 5.74) is 6.55. The highest BCUT2D eigenvalue weighted by molar-refractivity contribution is 5.85. The lowest BCUT2D eigenvalue weighted by atomic mass is 9.63. The first-order valence-corrected chi connectivity index (χ1v) is 7.73. The van der Waals surface area contributed by atoms with E-state index in [4.69, 9.17) is 5.73 Å². The monoisotopic (exact) mass is 302 g/mol. The Morgan fingerprint density at radius 3 is 2.10 bits per heavy atom. The van der Waals surface area contributed by atoms with Crippen molar-refractivity contribution < 1.29 is 4.79 Å². The number of amides is 1. The first-order chi connectivity index (χ1) is 8.67. The van der Waals surface area contributed by atoms with Gasteiger partial charge >= 0.3 is 0 Å². The molecule has 0 radical (unpaired) electrons. The van der Waals surface area contributed by atoms with Crippen molar-refractivity contribution in [1.82, 2.24) is 5.32 Å². The highest BCUT2D eigenvalue weighted by atomic mass is 35.5. The zero-order valence-electron chi connectivity index (χ0n) is 13.4. The van der Waals surface area contributed by atoms with E-state index in [1.54, 1.807) is 0 Å². The molecule has 2 aliphatic rings. The molecule has 3 N–H and O–H groups in total. The molecule has 2 rings (SSSR count). The number of carbonyl (C=O) groups excluding carboxylic acids is 1. The van der Waals surface area contributed by atoms with Gasteiger partial charge in [-0.2, -0.15) is 0 Å². The third kappa shape index (κ3) is 4.63. The van der Waals surface area contributed by atoms with Crippen LogP contribution in [0.1, 0.15) is 66.2 Å². The molecule has 0 spiro atoms. The Morgan fingerprint density at radius 2 is 1.65 bits per heavy atom. The molecule has 0 aromatic heterocycles. The number of hydrogen-bond donors (Lipinski definition) is 2. The molecular weight excluding hydrogens is 272 g/mol. The SMILES string of the molecule is CC1(C)CC(NC(=O)C2CCC(N)C2)CC(C)(C)C1.Cl. The molecule has 2 unspecified atom stereocenters. The minimum Gasteiger partial charge on any atom is -0.353 e. The van der Waals surface area contributed by atoms with Crippen molar-refractivity contribution in [3.05, 3.63) is 0 Å². The summed E-state index contributed by atoms with van der Waals surface area (Å²) in [7, 11) is 0. The standard InChI is InChI=1S/C16H30N2O.ClH/c1-15(2)8-13(9-16(3,4)10-15)18-14(19)11-5-6-12(17)7-11;/h11-13H,5-10,17H2,1-4H3,(H,18,19);1H. The van der Waals surface area contributed by atoms with E-state index in [2.05, 4.69) is 33.0 Å². The predicted octanol–water partition coefficient (Wildman–Crippen LogP) is 3.26. The number of hydrogen-bond acceptors (Lipinski definition) is 2. The van der Waals surface area contributed by atoms with E-state index in [-0.39, 0.29) is 30.3 Å². The summed E-state index contributed by atoms with van der Waals surface area (Å²) in [6.07, 6.45) is 6.26. The Hall–Kier alpha value is -0.280. The maximum Gasteiger partial charge on any atom is 0.223 e. The van der Waals surface area contributed by atoms with Gasteiger partial charge in [0.1, 0.15) is 0 Å². The van der Waals surface area contributed by atoms with Gasteiger partial charge in [0.15, 0.2) is 0 Å². The van der Waals surface area contributed by atoms with Crippen LogP contribution in [0.15, 0.2) is 0 Å². The van der Waals surface area contributed by atoms with E-state index >= 15 is 0 Å². The van der Waals surface area contributed by atoms with Crippen LogP contribution in [0.3, 0.4) is 0 Å². The van der Waals surface area contributed by atoms with Crippen LogP contribution in [0.2, 0.25) is 0 Å². The average Bonchev–Trinajstić information content (AvgIpc) is 2.59. The highest BCUT2D eigenvalue weighted by Gasteiger charge is 2.39. The minimum atomic E-state index is 0. The molecule has 2 fully saturated rings. The third-order valence-corrected chi connectivity index (χ3v) is 4.75. The van der Waals surface area contributed by atoms with E-state index in [9.17, 15) is 4.79 Å². The van der Waals surface area contributed by atoms with Gasteiger partial charge < -0.3 is 11.1 Å². The summed E-state index contributed by atoms with van der Waals surface area (Å²) in [4.78, 5) is 12.3. The Balaban J connectivity index is 0.00000200. The molecule has 2 atom stereocenters. The minimum absolute atomic E-state index is 0. The normalized spacial score (nSPS) is 32.5. The van der Waals surface area contributed by atoms with E-state index in [1.807, 2.05) is 0 Å². The fraction of sp³-hybridized carbons (Fsp3) is 0.938. The van der Waals surface area contributed by atoms with Crippen molar-refractivity contribution in [3.8, 4) is 0 Å². The van der Waals surface area contributed by atoms with Gasteiger partial charge in [0.05, 0.1) is 0 Å². The van der Waals surface area contributed by atoms with Crippen molar-refractivity contribution in [2.45, 2.75) is 78.3 Å². The van der Waals surface area contributed by atoms with Crippen molar-refractivity contribution in [3.63, 3.8) is 0 Å². The lowest BCUT2D eigenvalue weighted by Gasteiger charge is -2.45. The number of nitrogens with one attached hydrogen (secondary N) is 1. The van der Waals surface area contributed by atoms with Crippen LogP contribution in [0.5, 0.6) is 0 Å². The van der Waals surface area contributed by atoms with Gasteiger partial charge in [-0.1, -0.05) is 27.7 Å². The van der Waals surface area contributed by atoms with Crippen LogP contribution in [-0.2, 0) is 4.79 Å². The molecule has 118 valence electrons. The summed E-state index contributed by atoms with van der Waals surface area (Å²) in [6, 6.07) is 0.568. The molecule has 2 saturated carbocycles. The second-order valence-corrected chi connectivity index (χ2v) is 8.39. The summed E-state index contributed by atoms with van der Waals surface area (Å²) in [6.45, 7) is 9.27. The number of nitrogens with two attached hydrogens (primary N) is 1. The van der Waals surface area contributed by atoms with Gasteiger partial charge in [0, 0.05) is 18.0 Å². The lowest BCUT2D eigenvalue weighted by molar-refractivity contribution is -0.126. The molecule has 0 bridgehead atoms. The van der Waals surface area contributed by atoms with Gasteiger partial charge in [-0.15, -0.1) is 12.4 Å². The fourth-order valence-electron chi connectivity index (χ4n) is 4.52. The Kier molecular flexibility index (Phi) is 5.53. The summed E-state index contributed by atoms with van der Waals surface area (Å²) in [5.74, 6) is 0.398. The Labute approximate surface area is 129 Å². The van der Waals surface area contributed by atoms with Crippen LogP contribution < -0.4 is 11.1 Å². The molecule has 0 heterocycles. The lowest BCUT2D eigenvalue weighted by Crippen LogP contribution is -2.47. The van der Waals surface area contributed by atoms with E-state index in [0.717, 1.165) is 32.1 Å². The van der Waals surface area contributed by atoms with Crippen LogP contribution in [-0.4, -0.2) is 18.0 Å². The van der Waals surface area contributed by atoms with Gasteiger partial charge in [-0.3, -0.25) is 4.79 Å². The molecule has 2 aliphatic carbocycles. The molecular formula is C16H31ClN2O. The molecule has 0 aromatic rings. The quantitative estimate of drug-likeness (QED) is 0.822. The summed E-state index contributed by atoms with van der Waals surface area (Å²) >= 11 is 0. The molecule has 0 aliphatic heterocycles. The molecule has 1 amide bonds. The smallest absolute Gasteiger partial charge is 0.223 e. The predicted molar refractivity (Wildman–Crippen MR) is 85.9 cm³/mol. The van der Waals surface area contributed by atoms with Crippen LogP contribution in [0, 0.1) is 16.7 Å². The Morgan fingerprint density at radius 1 is 1.10 bits per heavy atom.